The van der Waals surface area contributed by atoms with E-state index in [0.717, 1.165) is 12.0 Å². The van der Waals surface area contributed by atoms with Gasteiger partial charge in [-0.25, -0.2) is 0 Å². The molecule has 0 aliphatic carbocycles. The molecule has 1 aromatic heterocycles. The molecule has 0 radical (unpaired) electrons. The maximum Gasteiger partial charge on any atom is 0.471 e. The predicted octanol–water partition coefficient (Wildman–Crippen LogP) is 4.32. The van der Waals surface area contributed by atoms with Gasteiger partial charge < -0.3 is 9.42 Å². The molecule has 0 fully saturated rings. The molecular formula is C18H20F3N3O2. The fourth-order valence-electron chi connectivity index (χ4n) is 2.31. The fourth-order valence-corrected chi connectivity index (χ4v) is 2.31. The van der Waals surface area contributed by atoms with Crippen molar-refractivity contribution in [2.24, 2.45) is 5.92 Å². The Morgan fingerprint density at radius 2 is 2.00 bits per heavy atom. The Morgan fingerprint density at radius 3 is 2.50 bits per heavy atom. The Bertz CT molecular complexity index is 754. The van der Waals surface area contributed by atoms with E-state index in [1.165, 1.54) is 0 Å². The summed E-state index contributed by atoms with van der Waals surface area (Å²) >= 11 is 0. The van der Waals surface area contributed by atoms with E-state index in [2.05, 4.69) is 21.2 Å². The molecule has 0 saturated heterocycles. The predicted molar refractivity (Wildman–Crippen MR) is 89.8 cm³/mol. The molecule has 0 spiro atoms. The normalized spacial score (nSPS) is 12.7. The third-order valence-electron chi connectivity index (χ3n) is 3.95. The van der Waals surface area contributed by atoms with Crippen LogP contribution in [0, 0.1) is 5.92 Å². The average Bonchev–Trinajstić information content (AvgIpc) is 3.11. The summed E-state index contributed by atoms with van der Waals surface area (Å²) in [6.07, 6.45) is -2.27. The molecule has 1 amide bonds. The summed E-state index contributed by atoms with van der Waals surface area (Å²) in [4.78, 5) is 17.4. The minimum absolute atomic E-state index is 0.0319. The van der Waals surface area contributed by atoms with Gasteiger partial charge in [0.15, 0.2) is 0 Å². The van der Waals surface area contributed by atoms with Crippen LogP contribution in [0.2, 0.25) is 0 Å². The highest BCUT2D eigenvalue weighted by Crippen LogP contribution is 2.29. The molecule has 0 N–H and O–H groups in total. The van der Waals surface area contributed by atoms with Gasteiger partial charge in [-0.15, -0.1) is 6.58 Å². The smallest absolute Gasteiger partial charge is 0.334 e. The molecule has 0 bridgehead atoms. The van der Waals surface area contributed by atoms with Crippen molar-refractivity contribution in [2.75, 3.05) is 6.54 Å². The number of hydrogen-bond donors (Lipinski definition) is 0. The molecule has 0 saturated carbocycles. The summed E-state index contributed by atoms with van der Waals surface area (Å²) in [5.74, 6) is -1.57. The lowest BCUT2D eigenvalue weighted by Gasteiger charge is -2.24. The summed E-state index contributed by atoms with van der Waals surface area (Å²) in [7, 11) is 0. The largest absolute Gasteiger partial charge is 0.471 e. The number of amides is 1. The maximum absolute atomic E-state index is 12.5. The Hall–Kier alpha value is -2.64. The monoisotopic (exact) mass is 367 g/mol. The van der Waals surface area contributed by atoms with E-state index in [0.29, 0.717) is 18.7 Å². The third kappa shape index (κ3) is 4.71. The quantitative estimate of drug-likeness (QED) is 0.684. The summed E-state index contributed by atoms with van der Waals surface area (Å²) in [5, 5.41) is 3.35. The summed E-state index contributed by atoms with van der Waals surface area (Å²) in [6, 6.07) is 6.64. The van der Waals surface area contributed by atoms with Crippen molar-refractivity contribution in [3.8, 4) is 11.4 Å². The summed E-state index contributed by atoms with van der Waals surface area (Å²) in [6.45, 7) is 8.30. The SMILES string of the molecule is C=CCN(Cc1ccc(-c2noc(C(F)(F)F)n2)cc1)C(=O)C(C)CC. The molecular weight excluding hydrogens is 347 g/mol. The van der Waals surface area contributed by atoms with Crippen molar-refractivity contribution < 1.29 is 22.5 Å². The van der Waals surface area contributed by atoms with Crippen LogP contribution in [-0.2, 0) is 17.5 Å². The van der Waals surface area contributed by atoms with Crippen LogP contribution in [0.1, 0.15) is 31.7 Å². The van der Waals surface area contributed by atoms with Crippen molar-refractivity contribution in [3.63, 3.8) is 0 Å². The van der Waals surface area contributed by atoms with Gasteiger partial charge >= 0.3 is 12.1 Å². The summed E-state index contributed by atoms with van der Waals surface area (Å²) in [5.41, 5.74) is 1.24. The molecule has 2 rings (SSSR count). The Morgan fingerprint density at radius 1 is 1.35 bits per heavy atom. The van der Waals surface area contributed by atoms with E-state index < -0.39 is 12.1 Å². The highest BCUT2D eigenvalue weighted by atomic mass is 19.4. The number of hydrogen-bond acceptors (Lipinski definition) is 4. The topological polar surface area (TPSA) is 59.2 Å². The van der Waals surface area contributed by atoms with Gasteiger partial charge in [-0.3, -0.25) is 4.79 Å². The third-order valence-corrected chi connectivity index (χ3v) is 3.95. The van der Waals surface area contributed by atoms with Gasteiger partial charge in [0.1, 0.15) is 0 Å². The molecule has 1 unspecified atom stereocenters. The molecule has 1 atom stereocenters. The van der Waals surface area contributed by atoms with Gasteiger partial charge in [0.25, 0.3) is 0 Å². The first-order valence-electron chi connectivity index (χ1n) is 8.16. The van der Waals surface area contributed by atoms with Gasteiger partial charge in [0.05, 0.1) is 0 Å². The van der Waals surface area contributed by atoms with Crippen LogP contribution in [0.3, 0.4) is 0 Å². The minimum Gasteiger partial charge on any atom is -0.334 e. The van der Waals surface area contributed by atoms with E-state index in [-0.39, 0.29) is 17.6 Å². The van der Waals surface area contributed by atoms with Crippen LogP contribution in [0.4, 0.5) is 13.2 Å². The molecule has 1 aromatic carbocycles. The van der Waals surface area contributed by atoms with Crippen molar-refractivity contribution in [1.82, 2.24) is 15.0 Å². The second-order valence-corrected chi connectivity index (χ2v) is 5.93. The lowest BCUT2D eigenvalue weighted by molar-refractivity contribution is -0.159. The molecule has 2 aromatic rings. The van der Waals surface area contributed by atoms with Crippen molar-refractivity contribution in [2.45, 2.75) is 33.0 Å². The zero-order valence-electron chi connectivity index (χ0n) is 14.6. The minimum atomic E-state index is -4.67. The van der Waals surface area contributed by atoms with E-state index in [9.17, 15) is 18.0 Å². The zero-order chi connectivity index (χ0) is 19.3. The number of alkyl halides is 3. The second-order valence-electron chi connectivity index (χ2n) is 5.93. The van der Waals surface area contributed by atoms with Crippen molar-refractivity contribution in [1.29, 1.82) is 0 Å². The molecule has 26 heavy (non-hydrogen) atoms. The Kier molecular flexibility index (Phi) is 6.18. The standard InChI is InChI=1S/C18H20F3N3O2/c1-4-10-24(16(25)12(3)5-2)11-13-6-8-14(9-7-13)15-22-17(26-23-15)18(19,20)21/h4,6-9,12H,1,5,10-11H2,2-3H3. The average molecular weight is 367 g/mol. The number of aromatic nitrogens is 2. The maximum atomic E-state index is 12.5. The van der Waals surface area contributed by atoms with Crippen LogP contribution in [0.5, 0.6) is 0 Å². The van der Waals surface area contributed by atoms with Crippen LogP contribution in [0.25, 0.3) is 11.4 Å². The van der Waals surface area contributed by atoms with E-state index in [1.807, 2.05) is 13.8 Å². The highest BCUT2D eigenvalue weighted by Gasteiger charge is 2.38. The van der Waals surface area contributed by atoms with Gasteiger partial charge in [0, 0.05) is 24.6 Å². The van der Waals surface area contributed by atoms with Gasteiger partial charge in [-0.2, -0.15) is 18.2 Å². The van der Waals surface area contributed by atoms with Gasteiger partial charge in [0.2, 0.25) is 11.7 Å². The van der Waals surface area contributed by atoms with Crippen LogP contribution >= 0.6 is 0 Å². The Labute approximate surface area is 149 Å². The molecule has 8 heteroatoms. The van der Waals surface area contributed by atoms with E-state index in [1.54, 1.807) is 35.2 Å². The van der Waals surface area contributed by atoms with Gasteiger partial charge in [-0.05, 0) is 12.0 Å². The van der Waals surface area contributed by atoms with Crippen LogP contribution < -0.4 is 0 Å². The van der Waals surface area contributed by atoms with E-state index >= 15 is 0 Å². The molecule has 0 aliphatic heterocycles. The first-order chi connectivity index (χ1) is 12.3. The first-order valence-corrected chi connectivity index (χ1v) is 8.16. The second kappa shape index (κ2) is 8.16. The van der Waals surface area contributed by atoms with Crippen molar-refractivity contribution in [3.05, 3.63) is 48.4 Å². The van der Waals surface area contributed by atoms with Crippen molar-refractivity contribution >= 4 is 5.91 Å². The Balaban J connectivity index is 2.14. The number of halogens is 3. The number of nitrogens with zero attached hydrogens (tertiary/aromatic N) is 3. The summed E-state index contributed by atoms with van der Waals surface area (Å²) < 4.78 is 41.8. The lowest BCUT2D eigenvalue weighted by atomic mass is 10.1. The lowest BCUT2D eigenvalue weighted by Crippen LogP contribution is -2.34. The zero-order valence-corrected chi connectivity index (χ0v) is 14.6. The molecule has 140 valence electrons. The number of benzene rings is 1. The fraction of sp³-hybridized carbons (Fsp3) is 0.389. The molecule has 1 heterocycles. The number of carbonyl (C=O) groups is 1. The highest BCUT2D eigenvalue weighted by molar-refractivity contribution is 5.78. The molecule has 5 nitrogen and oxygen atoms in total. The van der Waals surface area contributed by atoms with Crippen LogP contribution in [-0.4, -0.2) is 27.5 Å². The van der Waals surface area contributed by atoms with Crippen LogP contribution in [0.15, 0.2) is 41.4 Å². The van der Waals surface area contributed by atoms with Gasteiger partial charge in [-0.1, -0.05) is 49.3 Å². The number of rotatable bonds is 7. The number of carbonyl (C=O) groups excluding carboxylic acids is 1. The molecule has 0 aliphatic rings. The first kappa shape index (κ1) is 19.7. The van der Waals surface area contributed by atoms with E-state index in [4.69, 9.17) is 0 Å².